The molecule has 10 nitrogen and oxygen atoms in total. The maximum absolute atomic E-state index is 13.9. The average Bonchev–Trinajstić information content (AvgIpc) is 3.40. The van der Waals surface area contributed by atoms with Crippen molar-refractivity contribution in [1.29, 1.82) is 0 Å². The fourth-order valence-electron chi connectivity index (χ4n) is 6.17. The van der Waals surface area contributed by atoms with Crippen molar-refractivity contribution in [3.05, 3.63) is 48.0 Å². The highest BCUT2D eigenvalue weighted by Gasteiger charge is 2.49. The molecule has 0 bridgehead atoms. The van der Waals surface area contributed by atoms with Gasteiger partial charge < -0.3 is 24.6 Å². The van der Waals surface area contributed by atoms with Crippen LogP contribution in [0.5, 0.6) is 5.75 Å². The first-order chi connectivity index (χ1) is 19.2. The monoisotopic (exact) mass is 571 g/mol. The van der Waals surface area contributed by atoms with Gasteiger partial charge in [-0.15, -0.1) is 0 Å². The van der Waals surface area contributed by atoms with Crippen LogP contribution in [0.1, 0.15) is 56.2 Å². The van der Waals surface area contributed by atoms with E-state index >= 15 is 0 Å². The first kappa shape index (κ1) is 29.8. The summed E-state index contributed by atoms with van der Waals surface area (Å²) >= 11 is 4.50. The highest BCUT2D eigenvalue weighted by atomic mass is 32.1. The van der Waals surface area contributed by atoms with E-state index in [2.05, 4.69) is 23.1 Å². The molecule has 2 N–H and O–H groups in total. The van der Waals surface area contributed by atoms with Gasteiger partial charge in [-0.25, -0.2) is 9.78 Å². The van der Waals surface area contributed by atoms with Crippen molar-refractivity contribution in [3.8, 4) is 5.75 Å². The summed E-state index contributed by atoms with van der Waals surface area (Å²) in [5.41, 5.74) is 0.928. The molecule has 0 radical (unpaired) electrons. The lowest BCUT2D eigenvalue weighted by Gasteiger charge is -2.45. The van der Waals surface area contributed by atoms with Crippen LogP contribution >= 0.6 is 12.8 Å². The van der Waals surface area contributed by atoms with Crippen LogP contribution in [-0.2, 0) is 29.5 Å². The largest absolute Gasteiger partial charge is 0.497 e. The van der Waals surface area contributed by atoms with E-state index in [1.807, 2.05) is 42.1 Å². The molecule has 2 aliphatic rings. The number of piperidine rings is 1. The number of urea groups is 1. The van der Waals surface area contributed by atoms with Gasteiger partial charge in [-0.1, -0.05) is 44.2 Å². The third-order valence-corrected chi connectivity index (χ3v) is 9.03. The van der Waals surface area contributed by atoms with Crippen LogP contribution in [0, 0.1) is 11.3 Å². The van der Waals surface area contributed by atoms with Crippen molar-refractivity contribution in [2.45, 2.75) is 63.8 Å². The standard InChI is InChI=1S/C29H41N5O5S/c1-32-19-23(31-20-32)12-15-30-28(38)34(40)25(18-21-8-10-24(39-2)11-9-21)26(35)33-16-13-29(14-17-33,27(36)37)22-6-4-3-5-7-22/h8-11,19-20,22,25,40H,3-7,12-18H2,1-2H3,(H,30,38)(H,36,37)/t25-/m1/s1. The van der Waals surface area contributed by atoms with Gasteiger partial charge in [0.15, 0.2) is 0 Å². The van der Waals surface area contributed by atoms with Gasteiger partial charge in [0, 0.05) is 45.7 Å². The highest BCUT2D eigenvalue weighted by Crippen LogP contribution is 2.46. The summed E-state index contributed by atoms with van der Waals surface area (Å²) in [4.78, 5) is 45.5. The molecule has 1 saturated heterocycles. The molecule has 11 heteroatoms. The number of amides is 3. The molecule has 0 spiro atoms. The van der Waals surface area contributed by atoms with Crippen LogP contribution in [0.25, 0.3) is 0 Å². The number of methoxy groups -OCH3 is 1. The van der Waals surface area contributed by atoms with Gasteiger partial charge >= 0.3 is 12.0 Å². The SMILES string of the molecule is COc1ccc(C[C@H](C(=O)N2CCC(C(=O)O)(C3CCCCC3)CC2)N(S)C(=O)NCCc2cn(C)cn2)cc1. The molecule has 1 atom stereocenters. The number of benzene rings is 1. The molecule has 1 aromatic heterocycles. The van der Waals surface area contributed by atoms with E-state index in [-0.39, 0.29) is 18.2 Å². The Hall–Kier alpha value is -3.21. The van der Waals surface area contributed by atoms with Crippen LogP contribution in [0.3, 0.4) is 0 Å². The number of likely N-dealkylation sites (tertiary alicyclic amines) is 1. The summed E-state index contributed by atoms with van der Waals surface area (Å²) in [6.07, 6.45) is 10.4. The van der Waals surface area contributed by atoms with Gasteiger partial charge in [-0.2, -0.15) is 0 Å². The average molecular weight is 572 g/mol. The number of imidazole rings is 1. The molecule has 1 saturated carbocycles. The molecule has 1 aromatic carbocycles. The van der Waals surface area contributed by atoms with Crippen LogP contribution in [0.15, 0.2) is 36.8 Å². The van der Waals surface area contributed by atoms with Gasteiger partial charge in [0.1, 0.15) is 11.8 Å². The molecule has 2 aromatic rings. The smallest absolute Gasteiger partial charge is 0.327 e. The first-order valence-electron chi connectivity index (χ1n) is 14.1. The predicted octanol–water partition coefficient (Wildman–Crippen LogP) is 3.71. The Morgan fingerprint density at radius 1 is 1.18 bits per heavy atom. The van der Waals surface area contributed by atoms with E-state index in [0.29, 0.717) is 44.6 Å². The summed E-state index contributed by atoms with van der Waals surface area (Å²) in [6.45, 7) is 1.05. The lowest BCUT2D eigenvalue weighted by atomic mass is 9.64. The summed E-state index contributed by atoms with van der Waals surface area (Å²) in [5, 5.41) is 13.1. The topological polar surface area (TPSA) is 117 Å². The number of nitrogens with zero attached hydrogens (tertiary/aromatic N) is 4. The van der Waals surface area contributed by atoms with E-state index in [0.717, 1.165) is 43.4 Å². The number of aromatic nitrogens is 2. The second-order valence-corrected chi connectivity index (χ2v) is 11.5. The number of hydrogen-bond donors (Lipinski definition) is 3. The van der Waals surface area contributed by atoms with Crippen molar-refractivity contribution in [1.82, 2.24) is 24.1 Å². The number of carbonyl (C=O) groups is 3. The molecule has 1 aliphatic heterocycles. The lowest BCUT2D eigenvalue weighted by Crippen LogP contribution is -2.55. The first-order valence-corrected chi connectivity index (χ1v) is 14.5. The van der Waals surface area contributed by atoms with Gasteiger partial charge in [0.2, 0.25) is 5.91 Å². The zero-order valence-corrected chi connectivity index (χ0v) is 24.3. The van der Waals surface area contributed by atoms with Crippen LogP contribution in [0.2, 0.25) is 0 Å². The normalized spacial score (nSPS) is 18.1. The summed E-state index contributed by atoms with van der Waals surface area (Å²) in [5.74, 6) is -0.125. The second-order valence-electron chi connectivity index (χ2n) is 11.0. The molecule has 2 fully saturated rings. The van der Waals surface area contributed by atoms with E-state index in [4.69, 9.17) is 4.74 Å². The summed E-state index contributed by atoms with van der Waals surface area (Å²) in [6, 6.07) is 6.05. The Morgan fingerprint density at radius 2 is 1.85 bits per heavy atom. The molecule has 1 aliphatic carbocycles. The zero-order chi connectivity index (χ0) is 28.7. The Balaban J connectivity index is 1.45. The molecule has 218 valence electrons. The predicted molar refractivity (Wildman–Crippen MR) is 154 cm³/mol. The maximum atomic E-state index is 13.9. The van der Waals surface area contributed by atoms with Gasteiger partial charge in [0.05, 0.1) is 24.5 Å². The minimum absolute atomic E-state index is 0.150. The number of ether oxygens (including phenoxy) is 1. The number of rotatable bonds is 10. The van der Waals surface area contributed by atoms with E-state index < -0.39 is 23.5 Å². The molecule has 0 unspecified atom stereocenters. The highest BCUT2D eigenvalue weighted by molar-refractivity contribution is 7.78. The van der Waals surface area contributed by atoms with Crippen LogP contribution in [0.4, 0.5) is 4.79 Å². The molecular weight excluding hydrogens is 530 g/mol. The van der Waals surface area contributed by atoms with Crippen molar-refractivity contribution in [3.63, 3.8) is 0 Å². The van der Waals surface area contributed by atoms with E-state index in [9.17, 15) is 19.5 Å². The van der Waals surface area contributed by atoms with Gasteiger partial charge in [-0.3, -0.25) is 13.9 Å². The quantitative estimate of drug-likeness (QED) is 0.375. The van der Waals surface area contributed by atoms with Crippen LogP contribution < -0.4 is 10.1 Å². The fraction of sp³-hybridized carbons (Fsp3) is 0.586. The Labute approximate surface area is 241 Å². The molecular formula is C29H41N5O5S. The molecule has 3 amide bonds. The van der Waals surface area contributed by atoms with Crippen molar-refractivity contribution in [2.75, 3.05) is 26.7 Å². The molecule has 4 rings (SSSR count). The van der Waals surface area contributed by atoms with Gasteiger partial charge in [-0.05, 0) is 49.3 Å². The fourth-order valence-corrected chi connectivity index (χ4v) is 6.42. The second kappa shape index (κ2) is 13.4. The minimum atomic E-state index is -0.862. The zero-order valence-electron chi connectivity index (χ0n) is 23.4. The Bertz CT molecular complexity index is 1160. The third-order valence-electron chi connectivity index (χ3n) is 8.57. The Morgan fingerprint density at radius 3 is 2.42 bits per heavy atom. The summed E-state index contributed by atoms with van der Waals surface area (Å²) < 4.78 is 8.27. The number of hydrogen-bond acceptors (Lipinski definition) is 6. The van der Waals surface area contributed by atoms with Gasteiger partial charge in [0.25, 0.3) is 0 Å². The number of thiol groups is 1. The number of carboxylic acid groups (broad SMARTS) is 1. The lowest BCUT2D eigenvalue weighted by molar-refractivity contribution is -0.160. The molecule has 2 heterocycles. The number of aryl methyl sites for hydroxylation is 1. The molecule has 40 heavy (non-hydrogen) atoms. The van der Waals surface area contributed by atoms with Crippen LogP contribution in [-0.4, -0.2) is 74.6 Å². The van der Waals surface area contributed by atoms with Crippen molar-refractivity contribution >= 4 is 30.7 Å². The summed E-state index contributed by atoms with van der Waals surface area (Å²) in [7, 11) is 3.48. The third kappa shape index (κ3) is 6.92. The number of nitrogens with one attached hydrogen (secondary N) is 1. The minimum Gasteiger partial charge on any atom is -0.497 e. The Kier molecular flexibility index (Phi) is 9.99. The van der Waals surface area contributed by atoms with Crippen molar-refractivity contribution < 1.29 is 24.2 Å². The van der Waals surface area contributed by atoms with Crippen molar-refractivity contribution in [2.24, 2.45) is 18.4 Å². The number of carboxylic acids is 1. The number of carbonyl (C=O) groups excluding carboxylic acids is 2. The van der Waals surface area contributed by atoms with E-state index in [1.54, 1.807) is 18.3 Å². The number of aliphatic carboxylic acids is 1. The maximum Gasteiger partial charge on any atom is 0.327 e. The van der Waals surface area contributed by atoms with E-state index in [1.165, 1.54) is 4.31 Å².